The van der Waals surface area contributed by atoms with E-state index in [1.165, 1.54) is 12.6 Å². The normalized spacial score (nSPS) is 13.6. The highest BCUT2D eigenvalue weighted by molar-refractivity contribution is 6.48. The van der Waals surface area contributed by atoms with Gasteiger partial charge in [0.15, 0.2) is 0 Å². The summed E-state index contributed by atoms with van der Waals surface area (Å²) in [5.74, 6) is 0. The van der Waals surface area contributed by atoms with Gasteiger partial charge in [0.25, 0.3) is 9.20 Å². The van der Waals surface area contributed by atoms with Crippen LogP contribution in [0.1, 0.15) is 20.8 Å². The second kappa shape index (κ2) is 8.68. The molecule has 0 aliphatic heterocycles. The van der Waals surface area contributed by atoms with E-state index in [0.717, 1.165) is 19.7 Å². The van der Waals surface area contributed by atoms with E-state index in [-0.39, 0.29) is 0 Å². The summed E-state index contributed by atoms with van der Waals surface area (Å²) in [6, 6.07) is 1.20. The molecule has 1 unspecified atom stereocenters. The lowest BCUT2D eigenvalue weighted by molar-refractivity contribution is 0.298. The van der Waals surface area contributed by atoms with Crippen molar-refractivity contribution < 1.29 is 4.43 Å². The van der Waals surface area contributed by atoms with Crippen LogP contribution >= 0.6 is 0 Å². The van der Waals surface area contributed by atoms with Crippen LogP contribution in [0.5, 0.6) is 0 Å². The molecule has 0 fully saturated rings. The molecule has 3 nitrogen and oxygen atoms in total. The summed E-state index contributed by atoms with van der Waals surface area (Å²) in [6.07, 6.45) is 0. The molecule has 1 atom stereocenters. The number of nitrogens with one attached hydrogen (secondary N) is 1. The van der Waals surface area contributed by atoms with E-state index < -0.39 is 9.20 Å². The first-order valence-corrected chi connectivity index (χ1v) is 7.16. The van der Waals surface area contributed by atoms with Crippen LogP contribution in [-0.2, 0) is 4.43 Å². The zero-order valence-electron chi connectivity index (χ0n) is 9.47. The highest BCUT2D eigenvalue weighted by Gasteiger charge is 2.09. The Morgan fingerprint density at radius 3 is 2.23 bits per heavy atom. The van der Waals surface area contributed by atoms with Crippen molar-refractivity contribution in [2.45, 2.75) is 26.8 Å². The molecule has 0 radical (unpaired) electrons. The zero-order valence-corrected chi connectivity index (χ0v) is 10.6. The largest absolute Gasteiger partial charge is 0.406 e. The van der Waals surface area contributed by atoms with Crippen LogP contribution < -0.4 is 4.98 Å². The van der Waals surface area contributed by atoms with Gasteiger partial charge < -0.3 is 14.3 Å². The molecular weight excluding hydrogens is 180 g/mol. The van der Waals surface area contributed by atoms with Crippen molar-refractivity contribution in [3.63, 3.8) is 0 Å². The van der Waals surface area contributed by atoms with E-state index in [0.29, 0.717) is 0 Å². The Bertz CT molecular complexity index is 110. The fourth-order valence-electron chi connectivity index (χ4n) is 1.35. The maximum atomic E-state index is 5.63. The molecule has 0 spiro atoms. The minimum Gasteiger partial charge on any atom is -0.406 e. The molecule has 0 aromatic rings. The van der Waals surface area contributed by atoms with Gasteiger partial charge >= 0.3 is 0 Å². The van der Waals surface area contributed by atoms with Crippen molar-refractivity contribution in [2.24, 2.45) is 0 Å². The molecule has 0 aliphatic rings. The first-order chi connectivity index (χ1) is 6.28. The highest BCUT2D eigenvalue weighted by atomic mass is 28.3. The molecule has 0 saturated carbocycles. The maximum Gasteiger partial charge on any atom is 0.253 e. The SMILES string of the molecule is CCO[SiH](CCN(CC)CC)NC. The molecule has 0 aliphatic carbocycles. The van der Waals surface area contributed by atoms with Gasteiger partial charge in [-0.05, 0) is 39.6 Å². The van der Waals surface area contributed by atoms with Crippen molar-refractivity contribution in [3.8, 4) is 0 Å². The molecule has 0 heterocycles. The molecule has 0 saturated heterocycles. The first kappa shape index (κ1) is 13.1. The van der Waals surface area contributed by atoms with E-state index in [1.807, 2.05) is 7.05 Å². The molecule has 0 amide bonds. The molecule has 0 bridgehead atoms. The summed E-state index contributed by atoms with van der Waals surface area (Å²) in [4.78, 5) is 5.74. The Labute approximate surface area is 84.3 Å². The number of hydrogen-bond acceptors (Lipinski definition) is 3. The van der Waals surface area contributed by atoms with Gasteiger partial charge in [-0.1, -0.05) is 13.8 Å². The molecule has 0 rings (SSSR count). The molecule has 4 heteroatoms. The predicted molar refractivity (Wildman–Crippen MR) is 60.4 cm³/mol. The Hall–Kier alpha value is 0.0969. The first-order valence-electron chi connectivity index (χ1n) is 5.29. The van der Waals surface area contributed by atoms with Crippen LogP contribution in [0, 0.1) is 0 Å². The van der Waals surface area contributed by atoms with Crippen LogP contribution in [0.2, 0.25) is 6.04 Å². The van der Waals surface area contributed by atoms with Gasteiger partial charge in [-0.3, -0.25) is 0 Å². The van der Waals surface area contributed by atoms with Gasteiger partial charge in [-0.2, -0.15) is 0 Å². The summed E-state index contributed by atoms with van der Waals surface area (Å²) >= 11 is 0. The second-order valence-electron chi connectivity index (χ2n) is 3.05. The lowest BCUT2D eigenvalue weighted by atomic mass is 10.5. The molecule has 0 aromatic heterocycles. The van der Waals surface area contributed by atoms with Gasteiger partial charge in [-0.25, -0.2) is 0 Å². The van der Waals surface area contributed by atoms with Gasteiger partial charge in [0.05, 0.1) is 0 Å². The monoisotopic (exact) mass is 204 g/mol. The zero-order chi connectivity index (χ0) is 10.1. The van der Waals surface area contributed by atoms with Gasteiger partial charge in [-0.15, -0.1) is 0 Å². The third kappa shape index (κ3) is 6.21. The minimum absolute atomic E-state index is 0.843. The van der Waals surface area contributed by atoms with E-state index in [1.54, 1.807) is 0 Å². The van der Waals surface area contributed by atoms with E-state index >= 15 is 0 Å². The van der Waals surface area contributed by atoms with E-state index in [4.69, 9.17) is 4.43 Å². The van der Waals surface area contributed by atoms with Crippen molar-refractivity contribution in [1.29, 1.82) is 0 Å². The maximum absolute atomic E-state index is 5.63. The third-order valence-corrected chi connectivity index (χ3v) is 4.45. The lowest BCUT2D eigenvalue weighted by Gasteiger charge is -2.21. The molecule has 13 heavy (non-hydrogen) atoms. The topological polar surface area (TPSA) is 24.5 Å². The minimum atomic E-state index is -1.09. The van der Waals surface area contributed by atoms with E-state index in [9.17, 15) is 0 Å². The fourth-order valence-corrected chi connectivity index (χ4v) is 2.98. The van der Waals surface area contributed by atoms with Crippen molar-refractivity contribution >= 4 is 9.20 Å². The Kier molecular flexibility index (Phi) is 8.75. The average Bonchev–Trinajstić information content (AvgIpc) is 2.17. The predicted octanol–water partition coefficient (Wildman–Crippen LogP) is 0.805. The molecular formula is C9H24N2OSi. The van der Waals surface area contributed by atoms with Gasteiger partial charge in [0.1, 0.15) is 0 Å². The summed E-state index contributed by atoms with van der Waals surface area (Å²) in [5, 5.41) is 0. The van der Waals surface area contributed by atoms with Crippen LogP contribution in [0.25, 0.3) is 0 Å². The van der Waals surface area contributed by atoms with Crippen molar-refractivity contribution in [3.05, 3.63) is 0 Å². The number of hydrogen-bond donors (Lipinski definition) is 1. The lowest BCUT2D eigenvalue weighted by Crippen LogP contribution is -2.38. The van der Waals surface area contributed by atoms with Crippen LogP contribution in [-0.4, -0.2) is 47.4 Å². The van der Waals surface area contributed by atoms with E-state index in [2.05, 4.69) is 30.7 Å². The van der Waals surface area contributed by atoms with Crippen LogP contribution in [0.15, 0.2) is 0 Å². The fraction of sp³-hybridized carbons (Fsp3) is 1.00. The van der Waals surface area contributed by atoms with Crippen molar-refractivity contribution in [1.82, 2.24) is 9.88 Å². The molecule has 80 valence electrons. The average molecular weight is 204 g/mol. The smallest absolute Gasteiger partial charge is 0.253 e. The molecule has 0 aromatic carbocycles. The van der Waals surface area contributed by atoms with Gasteiger partial charge in [0.2, 0.25) is 0 Å². The van der Waals surface area contributed by atoms with Crippen LogP contribution in [0.4, 0.5) is 0 Å². The summed E-state index contributed by atoms with van der Waals surface area (Å²) in [5.41, 5.74) is 0. The summed E-state index contributed by atoms with van der Waals surface area (Å²) in [7, 11) is 0.920. The van der Waals surface area contributed by atoms with Crippen molar-refractivity contribution in [2.75, 3.05) is 33.3 Å². The Morgan fingerprint density at radius 2 is 1.85 bits per heavy atom. The number of rotatable bonds is 8. The summed E-state index contributed by atoms with van der Waals surface area (Å²) in [6.45, 7) is 10.8. The summed E-state index contributed by atoms with van der Waals surface area (Å²) < 4.78 is 5.63. The number of nitrogens with zero attached hydrogens (tertiary/aromatic N) is 1. The quantitative estimate of drug-likeness (QED) is 0.592. The Morgan fingerprint density at radius 1 is 1.23 bits per heavy atom. The highest BCUT2D eigenvalue weighted by Crippen LogP contribution is 1.95. The van der Waals surface area contributed by atoms with Crippen LogP contribution in [0.3, 0.4) is 0 Å². The van der Waals surface area contributed by atoms with Gasteiger partial charge in [0, 0.05) is 6.61 Å². The third-order valence-electron chi connectivity index (χ3n) is 2.29. The molecule has 1 N–H and O–H groups in total. The second-order valence-corrected chi connectivity index (χ2v) is 5.51. The Balaban J connectivity index is 3.56. The standard InChI is InChI=1S/C9H24N2OSi/c1-5-11(6-2)8-9-13(10-4)12-7-3/h10,13H,5-9H2,1-4H3.